The Morgan fingerprint density at radius 1 is 1.44 bits per heavy atom. The van der Waals surface area contributed by atoms with Crippen LogP contribution in [0.2, 0.25) is 0 Å². The van der Waals surface area contributed by atoms with Gasteiger partial charge in [-0.25, -0.2) is 4.79 Å². The van der Waals surface area contributed by atoms with E-state index in [1.54, 1.807) is 19.9 Å². The van der Waals surface area contributed by atoms with E-state index in [1.165, 1.54) is 0 Å². The Bertz CT molecular complexity index is 682. The van der Waals surface area contributed by atoms with Crippen LogP contribution in [0.15, 0.2) is 28.2 Å². The van der Waals surface area contributed by atoms with Crippen molar-refractivity contribution in [3.8, 4) is 11.8 Å². The molecule has 0 saturated carbocycles. The van der Waals surface area contributed by atoms with Gasteiger partial charge in [-0.1, -0.05) is 18.1 Å². The largest absolute Gasteiger partial charge is 0.463 e. The van der Waals surface area contributed by atoms with Crippen molar-refractivity contribution in [2.24, 2.45) is 5.92 Å². The number of aliphatic hydroxyl groups is 1. The summed E-state index contributed by atoms with van der Waals surface area (Å²) in [5.41, 5.74) is 2.65. The number of aliphatic hydroxyl groups excluding tert-OH is 1. The van der Waals surface area contributed by atoms with Gasteiger partial charge in [-0.3, -0.25) is 0 Å². The Hall–Kier alpha value is -2.25. The molecule has 0 fully saturated rings. The molecule has 1 aromatic heterocycles. The Morgan fingerprint density at radius 2 is 2.16 bits per heavy atom. The molecule has 0 unspecified atom stereocenters. The van der Waals surface area contributed by atoms with Gasteiger partial charge >= 0.3 is 5.97 Å². The first-order valence-corrected chi connectivity index (χ1v) is 8.55. The second-order valence-electron chi connectivity index (χ2n) is 6.10. The van der Waals surface area contributed by atoms with Crippen LogP contribution in [-0.4, -0.2) is 24.3 Å². The normalized spacial score (nSPS) is 12.3. The number of rotatable bonds is 8. The van der Waals surface area contributed by atoms with Gasteiger partial charge in [0.25, 0.3) is 0 Å². The Kier molecular flexibility index (Phi) is 8.80. The monoisotopic (exact) mass is 344 g/mol. The quantitative estimate of drug-likeness (QED) is 0.334. The smallest absolute Gasteiger partial charge is 0.333 e. The zero-order valence-corrected chi connectivity index (χ0v) is 15.6. The van der Waals surface area contributed by atoms with Crippen molar-refractivity contribution in [3.05, 3.63) is 40.9 Å². The highest BCUT2D eigenvalue weighted by atomic mass is 16.5. The molecule has 0 bridgehead atoms. The highest BCUT2D eigenvalue weighted by Gasteiger charge is 2.16. The van der Waals surface area contributed by atoms with Gasteiger partial charge in [0, 0.05) is 18.4 Å². The third-order valence-corrected chi connectivity index (χ3v) is 3.95. The minimum atomic E-state index is -0.333. The summed E-state index contributed by atoms with van der Waals surface area (Å²) >= 11 is 0. The van der Waals surface area contributed by atoms with Crippen molar-refractivity contribution in [3.63, 3.8) is 0 Å². The predicted octanol–water partition coefficient (Wildman–Crippen LogP) is 4.07. The molecular formula is C21H28O4. The second kappa shape index (κ2) is 10.6. The highest BCUT2D eigenvalue weighted by molar-refractivity contribution is 5.92. The number of carbonyl (C=O) groups excluding carboxylic acids is 1. The van der Waals surface area contributed by atoms with Crippen LogP contribution >= 0.6 is 0 Å². The summed E-state index contributed by atoms with van der Waals surface area (Å²) in [4.78, 5) is 11.7. The van der Waals surface area contributed by atoms with Crippen LogP contribution in [-0.2, 0) is 16.0 Å². The van der Waals surface area contributed by atoms with E-state index < -0.39 is 0 Å². The average molecular weight is 344 g/mol. The predicted molar refractivity (Wildman–Crippen MR) is 99.8 cm³/mol. The lowest BCUT2D eigenvalue weighted by molar-refractivity contribution is -0.138. The molecule has 0 aliphatic rings. The van der Waals surface area contributed by atoms with Crippen LogP contribution in [0.3, 0.4) is 0 Å². The topological polar surface area (TPSA) is 59.7 Å². The third-order valence-electron chi connectivity index (χ3n) is 3.95. The fraction of sp³-hybridized carbons (Fsp3) is 0.476. The fourth-order valence-corrected chi connectivity index (χ4v) is 2.47. The summed E-state index contributed by atoms with van der Waals surface area (Å²) in [5.74, 6) is 7.09. The fourth-order valence-electron chi connectivity index (χ4n) is 2.47. The highest BCUT2D eigenvalue weighted by Crippen LogP contribution is 2.25. The van der Waals surface area contributed by atoms with Crippen molar-refractivity contribution < 1.29 is 19.1 Å². The minimum absolute atomic E-state index is 0.107. The van der Waals surface area contributed by atoms with E-state index >= 15 is 0 Å². The minimum Gasteiger partial charge on any atom is -0.463 e. The van der Waals surface area contributed by atoms with Crippen LogP contribution in [0.1, 0.15) is 50.7 Å². The third kappa shape index (κ3) is 7.03. The maximum Gasteiger partial charge on any atom is 0.333 e. The zero-order valence-electron chi connectivity index (χ0n) is 15.6. The van der Waals surface area contributed by atoms with Crippen LogP contribution in [0.5, 0.6) is 0 Å². The number of ether oxygens (including phenoxy) is 1. The lowest BCUT2D eigenvalue weighted by Gasteiger charge is -2.14. The van der Waals surface area contributed by atoms with Crippen LogP contribution in [0.4, 0.5) is 0 Å². The number of esters is 1. The lowest BCUT2D eigenvalue weighted by atomic mass is 9.91. The van der Waals surface area contributed by atoms with Gasteiger partial charge in [0.05, 0.1) is 6.61 Å². The molecule has 1 aromatic rings. The van der Waals surface area contributed by atoms with Gasteiger partial charge in [0.15, 0.2) is 0 Å². The van der Waals surface area contributed by atoms with E-state index in [2.05, 4.69) is 18.4 Å². The van der Waals surface area contributed by atoms with E-state index in [1.807, 2.05) is 19.9 Å². The number of furan rings is 1. The standard InChI is InChI=1S/C21H28O4/c1-6-24-21(23)17(5)13-19-12-16(4)20(25-19)14-18(15(2)3)10-8-7-9-11-22/h12-13,18,22H,2,6,8,10-11,14H2,1,3-5H3/b17-13-/t18-/m0/s1. The summed E-state index contributed by atoms with van der Waals surface area (Å²) < 4.78 is 10.9. The molecular weight excluding hydrogens is 316 g/mol. The van der Waals surface area contributed by atoms with Crippen LogP contribution < -0.4 is 0 Å². The summed E-state index contributed by atoms with van der Waals surface area (Å²) in [6, 6.07) is 1.93. The Balaban J connectivity index is 2.84. The van der Waals surface area contributed by atoms with E-state index in [0.29, 0.717) is 24.4 Å². The van der Waals surface area contributed by atoms with Crippen LogP contribution in [0, 0.1) is 24.7 Å². The first-order chi connectivity index (χ1) is 11.9. The number of carbonyl (C=O) groups is 1. The molecule has 1 atom stereocenters. The van der Waals surface area contributed by atoms with Crippen molar-refractivity contribution >= 4 is 12.0 Å². The van der Waals surface area contributed by atoms with Gasteiger partial charge in [-0.15, -0.1) is 5.92 Å². The van der Waals surface area contributed by atoms with E-state index in [9.17, 15) is 4.79 Å². The maximum absolute atomic E-state index is 11.7. The summed E-state index contributed by atoms with van der Waals surface area (Å²) in [7, 11) is 0. The molecule has 25 heavy (non-hydrogen) atoms. The number of hydrogen-bond donors (Lipinski definition) is 1. The van der Waals surface area contributed by atoms with Crippen molar-refractivity contribution in [2.45, 2.75) is 47.0 Å². The number of aryl methyl sites for hydroxylation is 1. The maximum atomic E-state index is 11.7. The summed E-state index contributed by atoms with van der Waals surface area (Å²) in [6.07, 6.45) is 4.04. The molecule has 0 aliphatic heterocycles. The molecule has 0 spiro atoms. The van der Waals surface area contributed by atoms with Gasteiger partial charge < -0.3 is 14.3 Å². The molecule has 1 N–H and O–H groups in total. The van der Waals surface area contributed by atoms with Crippen molar-refractivity contribution in [2.75, 3.05) is 13.2 Å². The number of allylic oxidation sites excluding steroid dienone is 1. The molecule has 4 heteroatoms. The van der Waals surface area contributed by atoms with Gasteiger partial charge in [-0.2, -0.15) is 0 Å². The SMILES string of the molecule is C=C(C)[C@@H](CCC#CCO)Cc1oc(/C=C(/C)C(=O)OCC)cc1C. The molecule has 0 aromatic carbocycles. The molecule has 4 nitrogen and oxygen atoms in total. The second-order valence-corrected chi connectivity index (χ2v) is 6.10. The molecule has 1 rings (SSSR count). The van der Waals surface area contributed by atoms with Crippen molar-refractivity contribution in [1.29, 1.82) is 0 Å². The van der Waals surface area contributed by atoms with E-state index in [-0.39, 0.29) is 18.5 Å². The zero-order chi connectivity index (χ0) is 18.8. The Labute approximate surface area is 150 Å². The summed E-state index contributed by atoms with van der Waals surface area (Å²) in [5, 5.41) is 8.72. The average Bonchev–Trinajstić information content (AvgIpc) is 2.89. The number of hydrogen-bond acceptors (Lipinski definition) is 4. The molecule has 0 amide bonds. The van der Waals surface area contributed by atoms with E-state index in [0.717, 1.165) is 29.7 Å². The molecule has 0 radical (unpaired) electrons. The van der Waals surface area contributed by atoms with Crippen LogP contribution in [0.25, 0.3) is 6.08 Å². The van der Waals surface area contributed by atoms with Gasteiger partial charge in [0.2, 0.25) is 0 Å². The van der Waals surface area contributed by atoms with Crippen molar-refractivity contribution in [1.82, 2.24) is 0 Å². The first kappa shape index (κ1) is 20.8. The lowest BCUT2D eigenvalue weighted by Crippen LogP contribution is -2.06. The van der Waals surface area contributed by atoms with Gasteiger partial charge in [-0.05, 0) is 57.7 Å². The molecule has 0 saturated heterocycles. The molecule has 1 heterocycles. The van der Waals surface area contributed by atoms with E-state index in [4.69, 9.17) is 14.3 Å². The van der Waals surface area contributed by atoms with Gasteiger partial charge in [0.1, 0.15) is 18.1 Å². The first-order valence-electron chi connectivity index (χ1n) is 8.55. The summed E-state index contributed by atoms with van der Waals surface area (Å²) in [6.45, 7) is 11.8. The Morgan fingerprint density at radius 3 is 2.76 bits per heavy atom. The molecule has 0 aliphatic carbocycles. The molecule has 136 valence electrons.